The maximum Gasteiger partial charge on any atom is 0.343 e. The van der Waals surface area contributed by atoms with E-state index >= 15 is 0 Å². The number of halogens is 3. The quantitative estimate of drug-likeness (QED) is 0.0541. The summed E-state index contributed by atoms with van der Waals surface area (Å²) in [4.78, 5) is 41.2. The zero-order chi connectivity index (χ0) is 31.4. The van der Waals surface area contributed by atoms with Crippen molar-refractivity contribution in [2.75, 3.05) is 7.11 Å². The number of rotatable bonds is 8. The number of carbonyl (C=O) groups excluding carboxylic acids is 3. The Morgan fingerprint density at radius 3 is 2.43 bits per heavy atom. The molecule has 1 heterocycles. The van der Waals surface area contributed by atoms with E-state index in [4.69, 9.17) is 14.2 Å². The molecule has 12 heteroatoms. The van der Waals surface area contributed by atoms with Gasteiger partial charge in [-0.1, -0.05) is 58.4 Å². The molecule has 0 saturated heterocycles. The Bertz CT molecular complexity index is 1940. The number of aromatic nitrogens is 1. The van der Waals surface area contributed by atoms with Crippen LogP contribution in [0.5, 0.6) is 17.2 Å². The largest absolute Gasteiger partial charge is 0.493 e. The molecule has 0 fully saturated rings. The third-order valence-corrected chi connectivity index (χ3v) is 8.27. The normalized spacial score (nSPS) is 11.0. The summed E-state index contributed by atoms with van der Waals surface area (Å²) in [5.41, 5.74) is 6.02. The van der Waals surface area contributed by atoms with Crippen LogP contribution in [0.3, 0.4) is 0 Å². The van der Waals surface area contributed by atoms with E-state index in [0.29, 0.717) is 20.2 Å². The number of hydrogen-bond donors (Lipinski definition) is 2. The number of fused-ring (bicyclic) bond motifs is 1. The lowest BCUT2D eigenvalue weighted by Gasteiger charge is -2.12. The van der Waals surface area contributed by atoms with E-state index < -0.39 is 17.8 Å². The van der Waals surface area contributed by atoms with Gasteiger partial charge in [-0.3, -0.25) is 9.59 Å². The van der Waals surface area contributed by atoms with Gasteiger partial charge < -0.3 is 19.2 Å². The molecule has 1 aromatic heterocycles. The molecule has 0 atom stereocenters. The second-order valence-electron chi connectivity index (χ2n) is 9.26. The molecule has 4 aromatic carbocycles. The molecule has 0 unspecified atom stereocenters. The molecule has 0 aliphatic heterocycles. The molecule has 0 bridgehead atoms. The Morgan fingerprint density at radius 1 is 0.932 bits per heavy atom. The molecule has 5 aromatic rings. The van der Waals surface area contributed by atoms with E-state index in [-0.39, 0.29) is 22.8 Å². The van der Waals surface area contributed by atoms with Gasteiger partial charge >= 0.3 is 11.9 Å². The zero-order valence-corrected chi connectivity index (χ0v) is 28.4. The van der Waals surface area contributed by atoms with Gasteiger partial charge in [-0.25, -0.2) is 10.2 Å². The fourth-order valence-corrected chi connectivity index (χ4v) is 6.41. The third kappa shape index (κ3) is 6.87. The van der Waals surface area contributed by atoms with Crippen LogP contribution in [0.15, 0.2) is 92.9 Å². The lowest BCUT2D eigenvalue weighted by Crippen LogP contribution is -2.19. The Morgan fingerprint density at radius 2 is 1.70 bits per heavy atom. The Labute approximate surface area is 282 Å². The number of amides is 1. The van der Waals surface area contributed by atoms with Crippen LogP contribution >= 0.6 is 54.5 Å². The molecule has 222 valence electrons. The van der Waals surface area contributed by atoms with Crippen LogP contribution in [0.2, 0.25) is 0 Å². The van der Waals surface area contributed by atoms with Crippen LogP contribution in [-0.2, 0) is 4.79 Å². The lowest BCUT2D eigenvalue weighted by atomic mass is 10.0. The number of aromatic amines is 1. The number of methoxy groups -OCH3 is 1. The summed E-state index contributed by atoms with van der Waals surface area (Å²) in [5.74, 6) is -1.13. The first kappa shape index (κ1) is 31.4. The highest BCUT2D eigenvalue weighted by Gasteiger charge is 2.21. The van der Waals surface area contributed by atoms with Gasteiger partial charge in [0, 0.05) is 31.5 Å². The second-order valence-corrected chi connectivity index (χ2v) is 12.2. The van der Waals surface area contributed by atoms with Crippen molar-refractivity contribution in [1.29, 1.82) is 0 Å². The van der Waals surface area contributed by atoms with Gasteiger partial charge in [0.2, 0.25) is 0 Å². The van der Waals surface area contributed by atoms with Crippen molar-refractivity contribution in [3.05, 3.63) is 108 Å². The summed E-state index contributed by atoms with van der Waals surface area (Å²) in [6.07, 6.45) is 1.38. The molecular formula is C32H22Br2IN3O6. The maximum atomic E-state index is 13.4. The van der Waals surface area contributed by atoms with Gasteiger partial charge in [0.1, 0.15) is 5.69 Å². The average molecular weight is 831 g/mol. The van der Waals surface area contributed by atoms with Crippen LogP contribution in [0, 0.1) is 3.57 Å². The number of hydrogen-bond acceptors (Lipinski definition) is 7. The predicted octanol–water partition coefficient (Wildman–Crippen LogP) is 7.88. The fraction of sp³-hybridized carbons (Fsp3) is 0.0625. The predicted molar refractivity (Wildman–Crippen MR) is 183 cm³/mol. The van der Waals surface area contributed by atoms with Crippen LogP contribution in [-0.4, -0.2) is 36.2 Å². The van der Waals surface area contributed by atoms with Crippen molar-refractivity contribution in [2.45, 2.75) is 6.92 Å². The summed E-state index contributed by atoms with van der Waals surface area (Å²) >= 11 is 9.11. The van der Waals surface area contributed by atoms with E-state index in [1.54, 1.807) is 12.1 Å². The van der Waals surface area contributed by atoms with Crippen molar-refractivity contribution in [3.8, 4) is 28.4 Å². The smallest absolute Gasteiger partial charge is 0.343 e. The van der Waals surface area contributed by atoms with Crippen molar-refractivity contribution in [3.63, 3.8) is 0 Å². The molecule has 0 spiro atoms. The van der Waals surface area contributed by atoms with Crippen molar-refractivity contribution < 1.29 is 28.6 Å². The van der Waals surface area contributed by atoms with E-state index in [2.05, 4.69) is 70.0 Å². The minimum absolute atomic E-state index is 0.158. The van der Waals surface area contributed by atoms with Crippen molar-refractivity contribution >= 4 is 89.4 Å². The first-order chi connectivity index (χ1) is 21.2. The highest BCUT2D eigenvalue weighted by molar-refractivity contribution is 14.1. The highest BCUT2D eigenvalue weighted by Crippen LogP contribution is 2.36. The minimum Gasteiger partial charge on any atom is -0.493 e. The number of nitrogens with zero attached hydrogens (tertiary/aromatic N) is 1. The molecule has 0 radical (unpaired) electrons. The summed E-state index contributed by atoms with van der Waals surface area (Å²) in [6.45, 7) is 1.27. The second kappa shape index (κ2) is 13.7. The molecular weight excluding hydrogens is 809 g/mol. The van der Waals surface area contributed by atoms with Gasteiger partial charge in [0.25, 0.3) is 5.91 Å². The van der Waals surface area contributed by atoms with Gasteiger partial charge in [0.15, 0.2) is 17.2 Å². The van der Waals surface area contributed by atoms with Crippen molar-refractivity contribution in [2.24, 2.45) is 5.10 Å². The number of H-pyrrole nitrogens is 1. The van der Waals surface area contributed by atoms with E-state index in [0.717, 1.165) is 25.6 Å². The third-order valence-electron chi connectivity index (χ3n) is 6.33. The average Bonchev–Trinajstić information content (AvgIpc) is 3.40. The topological polar surface area (TPSA) is 119 Å². The number of benzene rings is 4. The number of esters is 2. The van der Waals surface area contributed by atoms with Crippen molar-refractivity contribution in [1.82, 2.24) is 10.4 Å². The highest BCUT2D eigenvalue weighted by atomic mass is 127. The summed E-state index contributed by atoms with van der Waals surface area (Å²) in [6, 6.07) is 23.2. The first-order valence-electron chi connectivity index (χ1n) is 12.9. The number of carbonyl (C=O) groups is 3. The lowest BCUT2D eigenvalue weighted by molar-refractivity contribution is -0.132. The Balaban J connectivity index is 1.42. The maximum absolute atomic E-state index is 13.4. The van der Waals surface area contributed by atoms with Crippen LogP contribution in [0.1, 0.15) is 33.3 Å². The monoisotopic (exact) mass is 829 g/mol. The summed E-state index contributed by atoms with van der Waals surface area (Å²) < 4.78 is 18.2. The molecule has 5 rings (SSSR count). The number of ether oxygens (including phenoxy) is 3. The first-order valence-corrected chi connectivity index (χ1v) is 15.6. The van der Waals surface area contributed by atoms with E-state index in [9.17, 15) is 14.4 Å². The van der Waals surface area contributed by atoms with Crippen LogP contribution in [0.25, 0.3) is 22.0 Å². The molecule has 1 amide bonds. The molecule has 0 saturated carbocycles. The number of hydrazone groups is 1. The summed E-state index contributed by atoms with van der Waals surface area (Å²) in [5, 5.41) is 5.10. The Hall–Kier alpha value is -4.01. The van der Waals surface area contributed by atoms with E-state index in [1.165, 1.54) is 38.4 Å². The van der Waals surface area contributed by atoms with Gasteiger partial charge in [-0.15, -0.1) is 0 Å². The zero-order valence-electron chi connectivity index (χ0n) is 23.1. The van der Waals surface area contributed by atoms with Crippen LogP contribution in [0.4, 0.5) is 0 Å². The van der Waals surface area contributed by atoms with Gasteiger partial charge in [-0.2, -0.15) is 5.10 Å². The molecule has 9 nitrogen and oxygen atoms in total. The number of para-hydroxylation sites is 1. The Kier molecular flexibility index (Phi) is 9.81. The molecule has 2 N–H and O–H groups in total. The summed E-state index contributed by atoms with van der Waals surface area (Å²) in [7, 11) is 1.39. The van der Waals surface area contributed by atoms with Crippen LogP contribution < -0.4 is 19.6 Å². The molecule has 0 aliphatic rings. The minimum atomic E-state index is -0.695. The van der Waals surface area contributed by atoms with E-state index in [1.807, 2.05) is 48.5 Å². The molecule has 44 heavy (non-hydrogen) atoms. The number of nitrogens with one attached hydrogen (secondary N) is 2. The van der Waals surface area contributed by atoms with Gasteiger partial charge in [0.05, 0.1) is 28.9 Å². The SMILES string of the molecule is COc1cc(C(=O)Oc2c(Br)cc(Br)cc2C=NNC(=O)c2[nH]c3c(I)cccc3c2-c2ccccc2)ccc1OC(C)=O. The fourth-order valence-electron chi connectivity index (χ4n) is 4.44. The van der Waals surface area contributed by atoms with Gasteiger partial charge in [-0.05, 0) is 80.5 Å². The molecule has 0 aliphatic carbocycles. The standard InChI is InChI=1S/C32H22Br2IN3O6/c1-17(39)43-25-12-11-19(14-26(25)42-2)32(41)44-30-20(13-21(33)15-23(30)34)16-36-38-31(40)29-27(18-7-4-3-5-8-18)22-9-6-10-24(35)28(22)37-29/h3-16,37H,1-2H3,(H,38,40).